The maximum Gasteiger partial charge on any atom is 0.169 e. The molecule has 2 aromatic heterocycles. The van der Waals surface area contributed by atoms with Gasteiger partial charge in [-0.3, -0.25) is 4.98 Å². The zero-order valence-corrected chi connectivity index (χ0v) is 15.7. The minimum Gasteiger partial charge on any atom is -0.493 e. The van der Waals surface area contributed by atoms with E-state index in [1.165, 1.54) is 0 Å². The normalized spacial score (nSPS) is 11.4. The molecule has 27 heavy (non-hydrogen) atoms. The van der Waals surface area contributed by atoms with E-state index in [-0.39, 0.29) is 6.16 Å². The molecule has 0 aliphatic carbocycles. The summed E-state index contributed by atoms with van der Waals surface area (Å²) in [6.07, 6.45) is 3.80. The van der Waals surface area contributed by atoms with Crippen molar-refractivity contribution in [3.05, 3.63) is 54.4 Å². The Labute approximate surface area is 156 Å². The first kappa shape index (κ1) is 17.7. The van der Waals surface area contributed by atoms with Crippen LogP contribution >= 0.6 is 8.38 Å². The van der Waals surface area contributed by atoms with Crippen LogP contribution < -0.4 is 9.47 Å². The zero-order valence-electron chi connectivity index (χ0n) is 14.8. The number of nitrogens with zero attached hydrogens (tertiary/aromatic N) is 3. The number of methoxy groups -OCH3 is 2. The Bertz CT molecular complexity index is 1110. The molecule has 0 spiro atoms. The van der Waals surface area contributed by atoms with Crippen molar-refractivity contribution >= 4 is 30.2 Å². The lowest BCUT2D eigenvalue weighted by Gasteiger charge is -2.11. The summed E-state index contributed by atoms with van der Waals surface area (Å²) in [5, 5.41) is 6.33. The molecular weight excluding hydrogens is 365 g/mol. The molecule has 4 rings (SSSR count). The monoisotopic (exact) mass is 383 g/mol. The summed E-state index contributed by atoms with van der Waals surface area (Å²) >= 11 is 0. The van der Waals surface area contributed by atoms with E-state index in [0.29, 0.717) is 11.5 Å². The fraction of sp³-hybridized carbons (Fsp3) is 0.158. The van der Waals surface area contributed by atoms with Crippen molar-refractivity contribution in [2.75, 3.05) is 14.2 Å². The molecule has 4 aromatic rings. The number of benzene rings is 2. The minimum atomic E-state index is -1.95. The highest BCUT2D eigenvalue weighted by atomic mass is 31.2. The summed E-state index contributed by atoms with van der Waals surface area (Å²) in [7, 11) is 1.25. The van der Waals surface area contributed by atoms with Crippen LogP contribution in [0.25, 0.3) is 27.5 Å². The van der Waals surface area contributed by atoms with Crippen molar-refractivity contribution in [2.45, 2.75) is 6.16 Å². The second kappa shape index (κ2) is 7.12. The Morgan fingerprint density at radius 3 is 2.37 bits per heavy atom. The van der Waals surface area contributed by atoms with Gasteiger partial charge in [0.25, 0.3) is 0 Å². The van der Waals surface area contributed by atoms with E-state index in [1.54, 1.807) is 26.6 Å². The van der Waals surface area contributed by atoms with Crippen LogP contribution in [0.15, 0.2) is 48.8 Å². The molecule has 0 bridgehead atoms. The Kier molecular flexibility index (Phi) is 4.66. The minimum absolute atomic E-state index is 0.249. The number of rotatable bonds is 5. The van der Waals surface area contributed by atoms with E-state index in [9.17, 15) is 9.79 Å². The second-order valence-electron chi connectivity index (χ2n) is 6.04. The lowest BCUT2D eigenvalue weighted by atomic mass is 10.1. The summed E-state index contributed by atoms with van der Waals surface area (Å²) in [6, 6.07) is 11.3. The van der Waals surface area contributed by atoms with Crippen molar-refractivity contribution in [2.24, 2.45) is 0 Å². The quantitative estimate of drug-likeness (QED) is 0.514. The van der Waals surface area contributed by atoms with Crippen molar-refractivity contribution in [3.8, 4) is 17.2 Å². The topological polar surface area (TPSA) is 89.6 Å². The molecule has 0 radical (unpaired) electrons. The molecule has 0 amide bonds. The number of fused-ring (bicyclic) bond motifs is 3. The highest BCUT2D eigenvalue weighted by Crippen LogP contribution is 2.35. The summed E-state index contributed by atoms with van der Waals surface area (Å²) in [5.41, 5.74) is 3.44. The SMILES string of the molecule is COc1cc2ncc3cnn(-c4ccc(CP(O)O)cc4)c3c2cc1OC. The van der Waals surface area contributed by atoms with Gasteiger partial charge in [-0.1, -0.05) is 12.1 Å². The molecule has 138 valence electrons. The number of ether oxygens (including phenoxy) is 2. The van der Waals surface area contributed by atoms with Crippen LogP contribution in [-0.4, -0.2) is 38.8 Å². The predicted molar refractivity (Wildman–Crippen MR) is 105 cm³/mol. The summed E-state index contributed by atoms with van der Waals surface area (Å²) < 4.78 is 12.7. The Hall–Kier alpha value is -2.73. The van der Waals surface area contributed by atoms with E-state index in [4.69, 9.17) is 9.47 Å². The number of pyridine rings is 1. The molecule has 2 heterocycles. The van der Waals surface area contributed by atoms with Gasteiger partial charge in [0.2, 0.25) is 0 Å². The highest BCUT2D eigenvalue weighted by Gasteiger charge is 2.14. The predicted octanol–water partition coefficient (Wildman–Crippen LogP) is 3.39. The first-order valence-corrected chi connectivity index (χ1v) is 9.67. The van der Waals surface area contributed by atoms with Crippen LogP contribution in [0.1, 0.15) is 5.56 Å². The number of hydrogen-bond donors (Lipinski definition) is 2. The standard InChI is InChI=1S/C19H18N3O4P/c1-25-17-7-15-16(8-18(17)26-2)20-9-13-10-21-22(19(13)15)14-5-3-12(4-6-14)11-27(23)24/h3-10,23-24H,11H2,1-2H3. The van der Waals surface area contributed by atoms with Crippen LogP contribution in [0.5, 0.6) is 11.5 Å². The molecule has 0 aliphatic rings. The highest BCUT2D eigenvalue weighted by molar-refractivity contribution is 7.44. The molecule has 0 saturated heterocycles. The van der Waals surface area contributed by atoms with Gasteiger partial charge in [0.15, 0.2) is 19.9 Å². The van der Waals surface area contributed by atoms with Crippen LogP contribution in [0.3, 0.4) is 0 Å². The molecule has 0 fully saturated rings. The Morgan fingerprint density at radius 1 is 1.00 bits per heavy atom. The maximum atomic E-state index is 9.18. The van der Waals surface area contributed by atoms with Crippen molar-refractivity contribution in [1.29, 1.82) is 0 Å². The molecule has 2 aromatic carbocycles. The fourth-order valence-corrected chi connectivity index (χ4v) is 3.67. The average Bonchev–Trinajstić information content (AvgIpc) is 3.11. The van der Waals surface area contributed by atoms with E-state index < -0.39 is 8.38 Å². The van der Waals surface area contributed by atoms with E-state index in [0.717, 1.165) is 33.1 Å². The largest absolute Gasteiger partial charge is 0.493 e. The Balaban J connectivity index is 1.90. The number of hydrogen-bond acceptors (Lipinski definition) is 6. The van der Waals surface area contributed by atoms with Gasteiger partial charge >= 0.3 is 0 Å². The van der Waals surface area contributed by atoms with Gasteiger partial charge in [0.1, 0.15) is 0 Å². The van der Waals surface area contributed by atoms with Crippen LogP contribution in [0, 0.1) is 0 Å². The molecular formula is C19H18N3O4P. The van der Waals surface area contributed by atoms with Crippen LogP contribution in [0.2, 0.25) is 0 Å². The summed E-state index contributed by atoms with van der Waals surface area (Å²) in [6.45, 7) is 0. The zero-order chi connectivity index (χ0) is 19.0. The number of aromatic nitrogens is 3. The van der Waals surface area contributed by atoms with Gasteiger partial charge in [-0.2, -0.15) is 5.10 Å². The van der Waals surface area contributed by atoms with Crippen LogP contribution in [0.4, 0.5) is 0 Å². The Morgan fingerprint density at radius 2 is 1.70 bits per heavy atom. The summed E-state index contributed by atoms with van der Waals surface area (Å²) in [4.78, 5) is 22.9. The van der Waals surface area contributed by atoms with Gasteiger partial charge in [-0.25, -0.2) is 4.68 Å². The maximum absolute atomic E-state index is 9.18. The molecule has 0 unspecified atom stereocenters. The molecule has 2 N–H and O–H groups in total. The van der Waals surface area contributed by atoms with Crippen molar-refractivity contribution < 1.29 is 19.3 Å². The molecule has 8 heteroatoms. The van der Waals surface area contributed by atoms with E-state index >= 15 is 0 Å². The molecule has 0 aliphatic heterocycles. The van der Waals surface area contributed by atoms with Crippen molar-refractivity contribution in [1.82, 2.24) is 14.8 Å². The molecule has 0 atom stereocenters. The second-order valence-corrected chi connectivity index (χ2v) is 7.10. The van der Waals surface area contributed by atoms with E-state index in [1.807, 2.05) is 41.1 Å². The fourth-order valence-electron chi connectivity index (χ4n) is 3.13. The first-order chi connectivity index (χ1) is 13.1. The third-order valence-corrected chi connectivity index (χ3v) is 5.05. The summed E-state index contributed by atoms with van der Waals surface area (Å²) in [5.74, 6) is 1.25. The van der Waals surface area contributed by atoms with Gasteiger partial charge in [-0.15, -0.1) is 0 Å². The first-order valence-electron chi connectivity index (χ1n) is 8.24. The van der Waals surface area contributed by atoms with Gasteiger partial charge < -0.3 is 19.3 Å². The molecule has 0 saturated carbocycles. The van der Waals surface area contributed by atoms with Crippen molar-refractivity contribution in [3.63, 3.8) is 0 Å². The van der Waals surface area contributed by atoms with Gasteiger partial charge in [0, 0.05) is 29.2 Å². The van der Waals surface area contributed by atoms with Gasteiger partial charge in [0.05, 0.1) is 37.1 Å². The third-order valence-electron chi connectivity index (χ3n) is 4.40. The average molecular weight is 383 g/mol. The lowest BCUT2D eigenvalue weighted by molar-refractivity contribution is 0.356. The van der Waals surface area contributed by atoms with Gasteiger partial charge in [-0.05, 0) is 23.8 Å². The lowest BCUT2D eigenvalue weighted by Crippen LogP contribution is -1.98. The van der Waals surface area contributed by atoms with E-state index in [2.05, 4.69) is 10.1 Å². The third kappa shape index (κ3) is 3.21. The smallest absolute Gasteiger partial charge is 0.169 e. The molecule has 7 nitrogen and oxygen atoms in total. The van der Waals surface area contributed by atoms with Crippen LogP contribution in [-0.2, 0) is 6.16 Å².